The Balaban J connectivity index is 1.52. The van der Waals surface area contributed by atoms with Crippen LogP contribution in [0, 0.1) is 5.92 Å². The van der Waals surface area contributed by atoms with Gasteiger partial charge in [-0.1, -0.05) is 24.6 Å². The molecule has 1 N–H and O–H groups in total. The van der Waals surface area contributed by atoms with Gasteiger partial charge in [-0.15, -0.1) is 0 Å². The molecule has 2 amide bonds. The largest absolute Gasteiger partial charge is 0.504 e. The fourth-order valence-corrected chi connectivity index (χ4v) is 4.74. The van der Waals surface area contributed by atoms with Gasteiger partial charge >= 0.3 is 0 Å². The van der Waals surface area contributed by atoms with Crippen LogP contribution >= 0.6 is 11.6 Å². The fourth-order valence-electron chi connectivity index (χ4n) is 4.61. The predicted molar refractivity (Wildman–Crippen MR) is 134 cm³/mol. The molecular weight excluding hydrogens is 484 g/mol. The summed E-state index contributed by atoms with van der Waals surface area (Å²) in [5.74, 6) is -0.753. The number of carbonyl (C=O) groups excluding carboxylic acids is 2. The molecular formula is C27H25ClN2O6. The molecule has 0 aliphatic carbocycles. The lowest BCUT2D eigenvalue weighted by molar-refractivity contribution is -0.126. The van der Waals surface area contributed by atoms with E-state index in [9.17, 15) is 14.7 Å². The van der Waals surface area contributed by atoms with Crippen LogP contribution in [0.25, 0.3) is 0 Å². The van der Waals surface area contributed by atoms with E-state index in [-0.39, 0.29) is 17.4 Å². The molecule has 0 spiro atoms. The molecule has 36 heavy (non-hydrogen) atoms. The third-order valence-electron chi connectivity index (χ3n) is 6.31. The van der Waals surface area contributed by atoms with Crippen LogP contribution in [0.2, 0.25) is 5.02 Å². The van der Waals surface area contributed by atoms with E-state index in [4.69, 9.17) is 25.9 Å². The number of phenolic OH excluding ortho intramolecular Hbond substituents is 1. The number of ether oxygens (including phenoxy) is 2. The van der Waals surface area contributed by atoms with Gasteiger partial charge in [-0.05, 0) is 72.6 Å². The highest BCUT2D eigenvalue weighted by atomic mass is 35.5. The van der Waals surface area contributed by atoms with Crippen LogP contribution in [0.3, 0.4) is 0 Å². The summed E-state index contributed by atoms with van der Waals surface area (Å²) in [6.45, 7) is 2.60. The first-order valence-electron chi connectivity index (χ1n) is 11.6. The highest BCUT2D eigenvalue weighted by molar-refractivity contribution is 6.30. The first-order chi connectivity index (χ1) is 17.4. The van der Waals surface area contributed by atoms with Crippen molar-refractivity contribution in [1.82, 2.24) is 0 Å². The summed E-state index contributed by atoms with van der Waals surface area (Å²) in [7, 11) is 1.45. The minimum absolute atomic E-state index is 0.0319. The molecule has 0 unspecified atom stereocenters. The van der Waals surface area contributed by atoms with Crippen LogP contribution < -0.4 is 19.4 Å². The second-order valence-corrected chi connectivity index (χ2v) is 9.02. The van der Waals surface area contributed by atoms with Gasteiger partial charge in [0.15, 0.2) is 17.6 Å². The van der Waals surface area contributed by atoms with E-state index in [0.29, 0.717) is 34.3 Å². The Kier molecular flexibility index (Phi) is 6.47. The standard InChI is InChI=1S/C27H25ClN2O6/c1-3-14-35-20-11-9-18(10-12-20)29-26(32)23-24(16-4-13-21(31)22(15-16)34-2)30(36-25(23)27(29)33)19-7-5-17(28)6-8-19/h4-13,15,23-25,31H,3,14H2,1-2H3/t23-,24-,25-/m0/s1. The first-order valence-corrected chi connectivity index (χ1v) is 12.0. The molecule has 3 aromatic carbocycles. The average Bonchev–Trinajstić information content (AvgIpc) is 3.39. The van der Waals surface area contributed by atoms with Crippen molar-refractivity contribution < 1.29 is 29.0 Å². The smallest absolute Gasteiger partial charge is 0.266 e. The zero-order chi connectivity index (χ0) is 25.4. The summed E-state index contributed by atoms with van der Waals surface area (Å²) in [4.78, 5) is 34.5. The van der Waals surface area contributed by atoms with Crippen molar-refractivity contribution in [3.05, 3.63) is 77.3 Å². The molecule has 2 saturated heterocycles. The van der Waals surface area contributed by atoms with Crippen LogP contribution in [-0.2, 0) is 14.4 Å². The van der Waals surface area contributed by atoms with E-state index in [2.05, 4.69) is 0 Å². The molecule has 3 aromatic rings. The van der Waals surface area contributed by atoms with Gasteiger partial charge < -0.3 is 14.6 Å². The maximum absolute atomic E-state index is 13.8. The molecule has 2 aliphatic rings. The van der Waals surface area contributed by atoms with Crippen LogP contribution in [0.15, 0.2) is 66.7 Å². The number of imide groups is 1. The number of hydroxylamine groups is 1. The van der Waals surface area contributed by atoms with Crippen molar-refractivity contribution in [2.24, 2.45) is 5.92 Å². The average molecular weight is 509 g/mol. The van der Waals surface area contributed by atoms with Crippen LogP contribution in [0.5, 0.6) is 17.2 Å². The van der Waals surface area contributed by atoms with Gasteiger partial charge in [0.1, 0.15) is 11.7 Å². The maximum Gasteiger partial charge on any atom is 0.266 e. The second-order valence-electron chi connectivity index (χ2n) is 8.58. The minimum atomic E-state index is -1.02. The topological polar surface area (TPSA) is 88.5 Å². The van der Waals surface area contributed by atoms with E-state index >= 15 is 0 Å². The third-order valence-corrected chi connectivity index (χ3v) is 6.56. The lowest BCUT2D eigenvalue weighted by Gasteiger charge is -2.29. The van der Waals surface area contributed by atoms with Gasteiger partial charge in [-0.25, -0.2) is 9.96 Å². The molecule has 5 rings (SSSR count). The summed E-state index contributed by atoms with van der Waals surface area (Å²) in [5.41, 5.74) is 1.74. The van der Waals surface area contributed by atoms with Crippen molar-refractivity contribution in [2.45, 2.75) is 25.5 Å². The number of methoxy groups -OCH3 is 1. The fraction of sp³-hybridized carbons (Fsp3) is 0.259. The SMILES string of the molecule is CCCOc1ccc(N2C(=O)[C@@H]3[C@H](ON(c4ccc(Cl)cc4)[C@H]3c3ccc(O)c(OC)c3)C2=O)cc1. The number of rotatable bonds is 7. The van der Waals surface area contributed by atoms with Gasteiger partial charge in [-0.2, -0.15) is 0 Å². The number of nitrogens with zero attached hydrogens (tertiary/aromatic N) is 2. The van der Waals surface area contributed by atoms with Crippen LogP contribution in [0.4, 0.5) is 11.4 Å². The number of hydrogen-bond acceptors (Lipinski definition) is 7. The number of anilines is 2. The number of halogens is 1. The van der Waals surface area contributed by atoms with Gasteiger partial charge in [0.2, 0.25) is 5.91 Å². The van der Waals surface area contributed by atoms with E-state index in [0.717, 1.165) is 6.42 Å². The summed E-state index contributed by atoms with van der Waals surface area (Å²) in [5, 5.41) is 12.2. The van der Waals surface area contributed by atoms with Crippen molar-refractivity contribution in [1.29, 1.82) is 0 Å². The van der Waals surface area contributed by atoms with Gasteiger partial charge in [0.25, 0.3) is 5.91 Å². The summed E-state index contributed by atoms with van der Waals surface area (Å²) >= 11 is 6.07. The number of phenols is 1. The molecule has 8 nitrogen and oxygen atoms in total. The highest BCUT2D eigenvalue weighted by Crippen LogP contribution is 2.48. The third kappa shape index (κ3) is 4.12. The lowest BCUT2D eigenvalue weighted by atomic mass is 9.90. The summed E-state index contributed by atoms with van der Waals surface area (Å²) < 4.78 is 10.9. The monoisotopic (exact) mass is 508 g/mol. The molecule has 3 atom stereocenters. The molecule has 9 heteroatoms. The van der Waals surface area contributed by atoms with E-state index in [1.54, 1.807) is 65.7 Å². The van der Waals surface area contributed by atoms with Crippen molar-refractivity contribution in [2.75, 3.05) is 23.7 Å². The number of carbonyl (C=O) groups is 2. The molecule has 2 aliphatic heterocycles. The molecule has 2 fully saturated rings. The summed E-state index contributed by atoms with van der Waals surface area (Å²) in [6, 6.07) is 18.0. The van der Waals surface area contributed by atoms with Crippen molar-refractivity contribution in [3.8, 4) is 17.2 Å². The Morgan fingerprint density at radius 3 is 2.33 bits per heavy atom. The number of aromatic hydroxyl groups is 1. The predicted octanol–water partition coefficient (Wildman–Crippen LogP) is 4.89. The Labute approximate surface area is 213 Å². The summed E-state index contributed by atoms with van der Waals surface area (Å²) in [6.07, 6.45) is -0.145. The molecule has 0 bridgehead atoms. The zero-order valence-corrected chi connectivity index (χ0v) is 20.5. The van der Waals surface area contributed by atoms with Gasteiger partial charge in [-0.3, -0.25) is 14.4 Å². The Bertz CT molecular complexity index is 1280. The number of hydrogen-bond donors (Lipinski definition) is 1. The normalized spacial score (nSPS) is 21.1. The van der Waals surface area contributed by atoms with Crippen molar-refractivity contribution in [3.63, 3.8) is 0 Å². The molecule has 0 radical (unpaired) electrons. The van der Waals surface area contributed by atoms with E-state index in [1.807, 2.05) is 6.92 Å². The molecule has 0 saturated carbocycles. The van der Waals surface area contributed by atoms with Crippen LogP contribution in [-0.4, -0.2) is 36.7 Å². The second kappa shape index (κ2) is 9.72. The Morgan fingerprint density at radius 2 is 1.67 bits per heavy atom. The van der Waals surface area contributed by atoms with Gasteiger partial charge in [0.05, 0.1) is 31.1 Å². The van der Waals surface area contributed by atoms with Crippen LogP contribution in [0.1, 0.15) is 24.9 Å². The van der Waals surface area contributed by atoms with Gasteiger partial charge in [0, 0.05) is 5.02 Å². The number of fused-ring (bicyclic) bond motifs is 1. The maximum atomic E-state index is 13.8. The Hall–Kier alpha value is -3.75. The van der Waals surface area contributed by atoms with E-state index in [1.165, 1.54) is 18.1 Å². The zero-order valence-electron chi connectivity index (χ0n) is 19.8. The number of benzene rings is 3. The first kappa shape index (κ1) is 24.0. The highest BCUT2D eigenvalue weighted by Gasteiger charge is 2.60. The quantitative estimate of drug-likeness (QED) is 0.454. The molecule has 2 heterocycles. The number of amides is 2. The molecule has 0 aromatic heterocycles. The minimum Gasteiger partial charge on any atom is -0.504 e. The van der Waals surface area contributed by atoms with E-state index < -0.39 is 24.0 Å². The van der Waals surface area contributed by atoms with Crippen molar-refractivity contribution >= 4 is 34.8 Å². The Morgan fingerprint density at radius 1 is 0.972 bits per heavy atom. The lowest BCUT2D eigenvalue weighted by Crippen LogP contribution is -2.37. The molecule has 186 valence electrons.